The van der Waals surface area contributed by atoms with Gasteiger partial charge in [0.25, 0.3) is 0 Å². The van der Waals surface area contributed by atoms with Gasteiger partial charge in [-0.15, -0.1) is 11.3 Å². The third kappa shape index (κ3) is 2.76. The zero-order chi connectivity index (χ0) is 10.7. The lowest BCUT2D eigenvalue weighted by Gasteiger charge is -2.04. The average Bonchev–Trinajstić information content (AvgIpc) is 2.63. The van der Waals surface area contributed by atoms with E-state index in [1.165, 1.54) is 4.88 Å². The van der Waals surface area contributed by atoms with Crippen molar-refractivity contribution in [1.29, 1.82) is 0 Å². The Morgan fingerprint density at radius 2 is 2.27 bits per heavy atom. The lowest BCUT2D eigenvalue weighted by atomic mass is 10.3. The number of nitrogens with zero attached hydrogens (tertiary/aromatic N) is 2. The Morgan fingerprint density at radius 1 is 1.40 bits per heavy atom. The fourth-order valence-corrected chi connectivity index (χ4v) is 2.11. The summed E-state index contributed by atoms with van der Waals surface area (Å²) < 4.78 is 0.849. The molecule has 5 heteroatoms. The van der Waals surface area contributed by atoms with Crippen LogP contribution in [0.3, 0.4) is 0 Å². The SMILES string of the molecule is Cc1ncsc1CNc1ccc(Br)nc1. The second-order valence-corrected chi connectivity index (χ2v) is 4.84. The molecule has 0 atom stereocenters. The fraction of sp³-hybridized carbons (Fsp3) is 0.200. The third-order valence-electron chi connectivity index (χ3n) is 2.03. The van der Waals surface area contributed by atoms with Crippen molar-refractivity contribution in [1.82, 2.24) is 9.97 Å². The van der Waals surface area contributed by atoms with Crippen LogP contribution in [-0.2, 0) is 6.54 Å². The maximum absolute atomic E-state index is 4.20. The van der Waals surface area contributed by atoms with Crippen LogP contribution < -0.4 is 5.32 Å². The standard InChI is InChI=1S/C10H10BrN3S/c1-7-9(15-6-14-7)5-12-8-2-3-10(11)13-4-8/h2-4,6,12H,5H2,1H3. The van der Waals surface area contributed by atoms with E-state index in [1.54, 1.807) is 17.5 Å². The number of anilines is 1. The second-order valence-electron chi connectivity index (χ2n) is 3.08. The minimum absolute atomic E-state index is 0.805. The Balaban J connectivity index is 1.99. The molecule has 0 aliphatic heterocycles. The molecule has 0 amide bonds. The van der Waals surface area contributed by atoms with E-state index in [2.05, 4.69) is 31.2 Å². The molecule has 0 saturated heterocycles. The molecule has 0 unspecified atom stereocenters. The molecular weight excluding hydrogens is 274 g/mol. The van der Waals surface area contributed by atoms with Gasteiger partial charge in [-0.3, -0.25) is 0 Å². The van der Waals surface area contributed by atoms with Crippen LogP contribution in [-0.4, -0.2) is 9.97 Å². The highest BCUT2D eigenvalue weighted by Gasteiger charge is 2.00. The topological polar surface area (TPSA) is 37.8 Å². The first-order chi connectivity index (χ1) is 7.25. The summed E-state index contributed by atoms with van der Waals surface area (Å²) in [6.45, 7) is 2.83. The molecule has 15 heavy (non-hydrogen) atoms. The van der Waals surface area contributed by atoms with Gasteiger partial charge in [-0.1, -0.05) is 0 Å². The lowest BCUT2D eigenvalue weighted by Crippen LogP contribution is -1.99. The van der Waals surface area contributed by atoms with E-state index in [4.69, 9.17) is 0 Å². The molecule has 2 heterocycles. The molecule has 0 radical (unpaired) electrons. The second kappa shape index (κ2) is 4.72. The Kier molecular flexibility index (Phi) is 3.33. The average molecular weight is 284 g/mol. The molecule has 0 bridgehead atoms. The van der Waals surface area contributed by atoms with Crippen molar-refractivity contribution in [3.8, 4) is 0 Å². The van der Waals surface area contributed by atoms with Gasteiger partial charge >= 0.3 is 0 Å². The van der Waals surface area contributed by atoms with Crippen molar-refractivity contribution >= 4 is 33.0 Å². The molecule has 1 N–H and O–H groups in total. The van der Waals surface area contributed by atoms with Crippen LogP contribution in [0.2, 0.25) is 0 Å². The summed E-state index contributed by atoms with van der Waals surface area (Å²) in [5.74, 6) is 0. The highest BCUT2D eigenvalue weighted by Crippen LogP contribution is 2.15. The molecule has 0 aliphatic rings. The third-order valence-corrected chi connectivity index (χ3v) is 3.43. The summed E-state index contributed by atoms with van der Waals surface area (Å²) in [4.78, 5) is 9.60. The summed E-state index contributed by atoms with van der Waals surface area (Å²) in [5, 5.41) is 3.30. The van der Waals surface area contributed by atoms with Crippen molar-refractivity contribution in [2.24, 2.45) is 0 Å². The number of thiazole rings is 1. The van der Waals surface area contributed by atoms with Gasteiger partial charge in [0.15, 0.2) is 0 Å². The number of pyridine rings is 1. The van der Waals surface area contributed by atoms with Crippen LogP contribution in [0.15, 0.2) is 28.4 Å². The maximum Gasteiger partial charge on any atom is 0.106 e. The zero-order valence-corrected chi connectivity index (χ0v) is 10.6. The van der Waals surface area contributed by atoms with Gasteiger partial charge in [-0.25, -0.2) is 9.97 Å². The monoisotopic (exact) mass is 283 g/mol. The number of hydrogen-bond donors (Lipinski definition) is 1. The van der Waals surface area contributed by atoms with Crippen molar-refractivity contribution in [3.05, 3.63) is 39.0 Å². The van der Waals surface area contributed by atoms with Crippen LogP contribution in [0.25, 0.3) is 0 Å². The normalized spacial score (nSPS) is 10.3. The number of aryl methyl sites for hydroxylation is 1. The zero-order valence-electron chi connectivity index (χ0n) is 8.20. The Labute approximate surface area is 101 Å². The van der Waals surface area contributed by atoms with Gasteiger partial charge < -0.3 is 5.32 Å². The molecule has 78 valence electrons. The molecule has 2 aromatic rings. The molecule has 2 aromatic heterocycles. The van der Waals surface area contributed by atoms with E-state index in [9.17, 15) is 0 Å². The first kappa shape index (κ1) is 10.6. The first-order valence-electron chi connectivity index (χ1n) is 4.50. The summed E-state index contributed by atoms with van der Waals surface area (Å²) in [7, 11) is 0. The van der Waals surface area contributed by atoms with E-state index in [-0.39, 0.29) is 0 Å². The Morgan fingerprint density at radius 3 is 2.87 bits per heavy atom. The summed E-state index contributed by atoms with van der Waals surface area (Å²) in [5.41, 5.74) is 3.98. The molecular formula is C10H10BrN3S. The predicted molar refractivity (Wildman–Crippen MR) is 66.1 cm³/mol. The Hall–Kier alpha value is -0.940. The molecule has 0 aromatic carbocycles. The number of nitrogens with one attached hydrogen (secondary N) is 1. The minimum Gasteiger partial charge on any atom is -0.379 e. The van der Waals surface area contributed by atoms with Crippen LogP contribution in [0, 0.1) is 6.92 Å². The molecule has 0 spiro atoms. The van der Waals surface area contributed by atoms with E-state index in [0.29, 0.717) is 0 Å². The predicted octanol–water partition coefficient (Wildman–Crippen LogP) is 3.22. The van der Waals surface area contributed by atoms with Gasteiger partial charge in [-0.2, -0.15) is 0 Å². The molecule has 0 fully saturated rings. The minimum atomic E-state index is 0.805. The Bertz CT molecular complexity index is 438. The van der Waals surface area contributed by atoms with Gasteiger partial charge in [0.05, 0.1) is 29.6 Å². The number of hydrogen-bond acceptors (Lipinski definition) is 4. The summed E-state index contributed by atoms with van der Waals surface area (Å²) in [6.07, 6.45) is 1.81. The maximum atomic E-state index is 4.20. The smallest absolute Gasteiger partial charge is 0.106 e. The van der Waals surface area contributed by atoms with E-state index >= 15 is 0 Å². The highest BCUT2D eigenvalue weighted by molar-refractivity contribution is 9.10. The summed E-state index contributed by atoms with van der Waals surface area (Å²) >= 11 is 4.97. The van der Waals surface area contributed by atoms with Crippen molar-refractivity contribution in [3.63, 3.8) is 0 Å². The molecule has 0 saturated carbocycles. The van der Waals surface area contributed by atoms with Crippen LogP contribution in [0.1, 0.15) is 10.6 Å². The van der Waals surface area contributed by atoms with Crippen LogP contribution >= 0.6 is 27.3 Å². The number of halogens is 1. The molecule has 2 rings (SSSR count). The van der Waals surface area contributed by atoms with Crippen LogP contribution in [0.5, 0.6) is 0 Å². The van der Waals surface area contributed by atoms with Crippen LogP contribution in [0.4, 0.5) is 5.69 Å². The largest absolute Gasteiger partial charge is 0.379 e. The van der Waals surface area contributed by atoms with Crippen molar-refractivity contribution < 1.29 is 0 Å². The van der Waals surface area contributed by atoms with Gasteiger partial charge in [0.1, 0.15) is 4.60 Å². The molecule has 3 nitrogen and oxygen atoms in total. The fourth-order valence-electron chi connectivity index (χ4n) is 1.16. The first-order valence-corrected chi connectivity index (χ1v) is 6.17. The van der Waals surface area contributed by atoms with Crippen molar-refractivity contribution in [2.45, 2.75) is 13.5 Å². The van der Waals surface area contributed by atoms with Gasteiger partial charge in [-0.05, 0) is 35.0 Å². The van der Waals surface area contributed by atoms with Gasteiger partial charge in [0.2, 0.25) is 0 Å². The van der Waals surface area contributed by atoms with Gasteiger partial charge in [0, 0.05) is 4.88 Å². The van der Waals surface area contributed by atoms with E-state index < -0.39 is 0 Å². The lowest BCUT2D eigenvalue weighted by molar-refractivity contribution is 1.11. The van der Waals surface area contributed by atoms with E-state index in [0.717, 1.165) is 22.5 Å². The van der Waals surface area contributed by atoms with Crippen molar-refractivity contribution in [2.75, 3.05) is 5.32 Å². The number of rotatable bonds is 3. The summed E-state index contributed by atoms with van der Waals surface area (Å²) in [6, 6.07) is 3.91. The highest BCUT2D eigenvalue weighted by atomic mass is 79.9. The number of aromatic nitrogens is 2. The quantitative estimate of drug-likeness (QED) is 0.879. The van der Waals surface area contributed by atoms with E-state index in [1.807, 2.05) is 24.6 Å². The molecule has 0 aliphatic carbocycles.